The van der Waals surface area contributed by atoms with E-state index in [1.165, 1.54) is 12.1 Å². The van der Waals surface area contributed by atoms with E-state index in [0.717, 1.165) is 43.4 Å². The van der Waals surface area contributed by atoms with Gasteiger partial charge in [0.05, 0.1) is 18.1 Å². The van der Waals surface area contributed by atoms with Gasteiger partial charge in [0.2, 0.25) is 0 Å². The van der Waals surface area contributed by atoms with E-state index < -0.39 is 0 Å². The van der Waals surface area contributed by atoms with Crippen molar-refractivity contribution in [1.29, 1.82) is 0 Å². The third kappa shape index (κ3) is 3.42. The summed E-state index contributed by atoms with van der Waals surface area (Å²) in [5.41, 5.74) is 1.42. The maximum atomic E-state index is 13.4. The van der Waals surface area contributed by atoms with Crippen LogP contribution in [0.3, 0.4) is 0 Å². The average Bonchev–Trinajstić information content (AvgIpc) is 2.69. The summed E-state index contributed by atoms with van der Waals surface area (Å²) in [6, 6.07) is 12.4. The number of nitrogens with zero attached hydrogens (tertiary/aromatic N) is 5. The molecular weight excluding hydrogens is 317 g/mol. The van der Waals surface area contributed by atoms with E-state index in [9.17, 15) is 4.39 Å². The summed E-state index contributed by atoms with van der Waals surface area (Å²) < 4.78 is 13.4. The number of anilines is 2. The molecule has 0 aliphatic carbocycles. The predicted molar refractivity (Wildman–Crippen MR) is 96.1 cm³/mol. The van der Waals surface area contributed by atoms with Crippen LogP contribution in [0.15, 0.2) is 61.1 Å². The van der Waals surface area contributed by atoms with Crippen LogP contribution in [0.1, 0.15) is 0 Å². The van der Waals surface area contributed by atoms with Gasteiger partial charge in [-0.3, -0.25) is 4.98 Å². The van der Waals surface area contributed by atoms with E-state index in [1.807, 2.05) is 30.5 Å². The molecule has 2 aromatic heterocycles. The molecule has 0 bridgehead atoms. The standard InChI is InChI=1S/C19H18FN5/c20-16-5-3-4-15(12-16)17-13-21-14-19(23-17)25-10-8-24(9-11-25)18-6-1-2-7-22-18/h1-7,12-14H,8-11H2. The molecule has 0 atom stereocenters. The monoisotopic (exact) mass is 335 g/mol. The number of benzene rings is 1. The Morgan fingerprint density at radius 1 is 0.840 bits per heavy atom. The summed E-state index contributed by atoms with van der Waals surface area (Å²) in [5.74, 6) is 1.55. The van der Waals surface area contributed by atoms with Crippen LogP contribution in [0.25, 0.3) is 11.3 Å². The van der Waals surface area contributed by atoms with Crippen LogP contribution >= 0.6 is 0 Å². The molecule has 6 heteroatoms. The Morgan fingerprint density at radius 2 is 1.64 bits per heavy atom. The molecule has 3 heterocycles. The number of hydrogen-bond donors (Lipinski definition) is 0. The molecular formula is C19H18FN5. The highest BCUT2D eigenvalue weighted by Gasteiger charge is 2.19. The number of piperazine rings is 1. The van der Waals surface area contributed by atoms with E-state index in [-0.39, 0.29) is 5.82 Å². The highest BCUT2D eigenvalue weighted by atomic mass is 19.1. The van der Waals surface area contributed by atoms with Crippen molar-refractivity contribution in [2.45, 2.75) is 0 Å². The first-order chi connectivity index (χ1) is 12.3. The molecule has 1 aliphatic rings. The molecule has 25 heavy (non-hydrogen) atoms. The third-order valence-corrected chi connectivity index (χ3v) is 4.32. The summed E-state index contributed by atoms with van der Waals surface area (Å²) in [5, 5.41) is 0. The topological polar surface area (TPSA) is 45.2 Å². The van der Waals surface area contributed by atoms with Gasteiger partial charge in [-0.25, -0.2) is 14.4 Å². The molecule has 3 aromatic rings. The van der Waals surface area contributed by atoms with Gasteiger partial charge in [0.25, 0.3) is 0 Å². The lowest BCUT2D eigenvalue weighted by Gasteiger charge is -2.35. The van der Waals surface area contributed by atoms with E-state index in [0.29, 0.717) is 5.69 Å². The Kier molecular flexibility index (Phi) is 4.24. The van der Waals surface area contributed by atoms with Gasteiger partial charge in [0.15, 0.2) is 0 Å². The van der Waals surface area contributed by atoms with E-state index in [4.69, 9.17) is 0 Å². The average molecular weight is 335 g/mol. The van der Waals surface area contributed by atoms with Crippen LogP contribution in [-0.2, 0) is 0 Å². The van der Waals surface area contributed by atoms with Gasteiger partial charge in [-0.05, 0) is 24.3 Å². The van der Waals surface area contributed by atoms with Crippen molar-refractivity contribution < 1.29 is 4.39 Å². The lowest BCUT2D eigenvalue weighted by atomic mass is 10.1. The maximum Gasteiger partial charge on any atom is 0.147 e. The molecule has 0 radical (unpaired) electrons. The summed E-state index contributed by atoms with van der Waals surface area (Å²) in [6.07, 6.45) is 5.25. The van der Waals surface area contributed by atoms with Gasteiger partial charge in [-0.2, -0.15) is 0 Å². The molecule has 0 unspecified atom stereocenters. The summed E-state index contributed by atoms with van der Waals surface area (Å²) in [6.45, 7) is 3.45. The fourth-order valence-electron chi connectivity index (χ4n) is 3.00. The molecule has 1 fully saturated rings. The first-order valence-corrected chi connectivity index (χ1v) is 8.28. The molecule has 1 saturated heterocycles. The molecule has 5 nitrogen and oxygen atoms in total. The quantitative estimate of drug-likeness (QED) is 0.736. The number of halogens is 1. The summed E-state index contributed by atoms with van der Waals surface area (Å²) >= 11 is 0. The van der Waals surface area contributed by atoms with E-state index >= 15 is 0 Å². The van der Waals surface area contributed by atoms with Crippen LogP contribution in [-0.4, -0.2) is 41.1 Å². The molecule has 126 valence electrons. The fraction of sp³-hybridized carbons (Fsp3) is 0.211. The Balaban J connectivity index is 1.49. The largest absolute Gasteiger partial charge is 0.353 e. The molecule has 0 spiro atoms. The van der Waals surface area contributed by atoms with Crippen LogP contribution in [0.5, 0.6) is 0 Å². The van der Waals surface area contributed by atoms with E-state index in [1.54, 1.807) is 18.5 Å². The van der Waals surface area contributed by atoms with Crippen LogP contribution in [0.2, 0.25) is 0 Å². The smallest absolute Gasteiger partial charge is 0.147 e. The third-order valence-electron chi connectivity index (χ3n) is 4.32. The van der Waals surface area contributed by atoms with Gasteiger partial charge in [-0.15, -0.1) is 0 Å². The van der Waals surface area contributed by atoms with Crippen molar-refractivity contribution in [3.05, 3.63) is 66.9 Å². The second-order valence-corrected chi connectivity index (χ2v) is 5.93. The zero-order valence-corrected chi connectivity index (χ0v) is 13.7. The van der Waals surface area contributed by atoms with Crippen molar-refractivity contribution in [1.82, 2.24) is 15.0 Å². The van der Waals surface area contributed by atoms with Crippen LogP contribution in [0.4, 0.5) is 16.0 Å². The molecule has 1 aromatic carbocycles. The highest BCUT2D eigenvalue weighted by Crippen LogP contribution is 2.21. The Morgan fingerprint density at radius 3 is 2.36 bits per heavy atom. The second kappa shape index (κ2) is 6.84. The second-order valence-electron chi connectivity index (χ2n) is 5.93. The van der Waals surface area contributed by atoms with Crippen LogP contribution in [0, 0.1) is 5.82 Å². The maximum absolute atomic E-state index is 13.4. The molecule has 0 saturated carbocycles. The van der Waals surface area contributed by atoms with Crippen LogP contribution < -0.4 is 9.80 Å². The number of aromatic nitrogens is 3. The number of hydrogen-bond acceptors (Lipinski definition) is 5. The Bertz CT molecular complexity index is 847. The minimum atomic E-state index is -0.270. The van der Waals surface area contributed by atoms with Gasteiger partial charge >= 0.3 is 0 Å². The van der Waals surface area contributed by atoms with Gasteiger partial charge in [-0.1, -0.05) is 18.2 Å². The number of rotatable bonds is 3. The zero-order valence-electron chi connectivity index (χ0n) is 13.7. The summed E-state index contributed by atoms with van der Waals surface area (Å²) in [4.78, 5) is 17.8. The highest BCUT2D eigenvalue weighted by molar-refractivity contribution is 5.60. The van der Waals surface area contributed by atoms with Gasteiger partial charge in [0, 0.05) is 37.9 Å². The summed E-state index contributed by atoms with van der Waals surface area (Å²) in [7, 11) is 0. The van der Waals surface area contributed by atoms with Crippen molar-refractivity contribution in [3.63, 3.8) is 0 Å². The van der Waals surface area contributed by atoms with E-state index in [2.05, 4.69) is 24.8 Å². The first kappa shape index (κ1) is 15.5. The lowest BCUT2D eigenvalue weighted by molar-refractivity contribution is 0.628. The normalized spacial score (nSPS) is 14.6. The molecule has 1 aliphatic heterocycles. The molecule has 0 N–H and O–H groups in total. The van der Waals surface area contributed by atoms with Crippen molar-refractivity contribution in [2.24, 2.45) is 0 Å². The Hall–Kier alpha value is -3.02. The van der Waals surface area contributed by atoms with Crippen molar-refractivity contribution >= 4 is 11.6 Å². The van der Waals surface area contributed by atoms with Gasteiger partial charge < -0.3 is 9.80 Å². The predicted octanol–water partition coefficient (Wildman–Crippen LogP) is 3.00. The minimum Gasteiger partial charge on any atom is -0.353 e. The first-order valence-electron chi connectivity index (χ1n) is 8.28. The lowest BCUT2D eigenvalue weighted by Crippen LogP contribution is -2.47. The van der Waals surface area contributed by atoms with Gasteiger partial charge in [0.1, 0.15) is 17.5 Å². The number of pyridine rings is 1. The molecule has 4 rings (SSSR count). The fourth-order valence-corrected chi connectivity index (χ4v) is 3.00. The Labute approximate surface area is 145 Å². The molecule has 0 amide bonds. The SMILES string of the molecule is Fc1cccc(-c2cncc(N3CCN(c4ccccn4)CC3)n2)c1. The van der Waals surface area contributed by atoms with Crippen molar-refractivity contribution in [3.8, 4) is 11.3 Å². The zero-order chi connectivity index (χ0) is 17.1. The minimum absolute atomic E-state index is 0.270. The van der Waals surface area contributed by atoms with Crippen molar-refractivity contribution in [2.75, 3.05) is 36.0 Å².